The van der Waals surface area contributed by atoms with Crippen LogP contribution in [0.1, 0.15) is 12.0 Å². The molecular weight excluding hydrogens is 218 g/mol. The Morgan fingerprint density at radius 3 is 2.88 bits per heavy atom. The minimum Gasteiger partial charge on any atom is -0.380 e. The summed E-state index contributed by atoms with van der Waals surface area (Å²) in [6.07, 6.45) is -0.488. The van der Waals surface area contributed by atoms with E-state index in [9.17, 15) is 9.90 Å². The van der Waals surface area contributed by atoms with Crippen molar-refractivity contribution in [3.05, 3.63) is 35.9 Å². The Balaban J connectivity index is 1.81. The van der Waals surface area contributed by atoms with Crippen molar-refractivity contribution in [1.29, 1.82) is 0 Å². The lowest BCUT2D eigenvalue weighted by atomic mass is 10.1. The fourth-order valence-corrected chi connectivity index (χ4v) is 2.68. The number of hydrogen-bond acceptors (Lipinski definition) is 3. The van der Waals surface area contributed by atoms with Crippen LogP contribution in [0.5, 0.6) is 0 Å². The maximum absolute atomic E-state index is 11.9. The Hall–Kier alpha value is -1.39. The summed E-state index contributed by atoms with van der Waals surface area (Å²) < 4.78 is 5.41. The largest absolute Gasteiger partial charge is 0.380 e. The molecule has 1 aromatic rings. The maximum atomic E-state index is 11.9. The van der Waals surface area contributed by atoms with Crippen molar-refractivity contribution in [2.75, 3.05) is 6.61 Å². The highest BCUT2D eigenvalue weighted by Gasteiger charge is 2.50. The molecule has 2 aliphatic heterocycles. The van der Waals surface area contributed by atoms with Gasteiger partial charge in [-0.15, -0.1) is 0 Å². The Bertz CT molecular complexity index is 420. The fraction of sp³-hybridized carbons (Fsp3) is 0.462. The van der Waals surface area contributed by atoms with Gasteiger partial charge < -0.3 is 14.7 Å². The molecule has 1 amide bonds. The number of aliphatic hydroxyl groups is 1. The zero-order valence-corrected chi connectivity index (χ0v) is 9.45. The third kappa shape index (κ3) is 1.73. The fourth-order valence-electron chi connectivity index (χ4n) is 2.68. The minimum atomic E-state index is -0.980. The molecule has 0 saturated carbocycles. The zero-order chi connectivity index (χ0) is 11.8. The molecule has 2 aliphatic rings. The zero-order valence-electron chi connectivity index (χ0n) is 9.45. The van der Waals surface area contributed by atoms with Gasteiger partial charge >= 0.3 is 0 Å². The molecule has 0 bridgehead atoms. The summed E-state index contributed by atoms with van der Waals surface area (Å²) in [4.78, 5) is 13.7. The number of rotatable bonds is 2. The number of carbonyl (C=O) groups excluding carboxylic acids is 1. The number of fused-ring (bicyclic) bond motifs is 1. The van der Waals surface area contributed by atoms with E-state index in [-0.39, 0.29) is 18.1 Å². The van der Waals surface area contributed by atoms with Crippen molar-refractivity contribution in [2.24, 2.45) is 0 Å². The molecule has 2 saturated heterocycles. The standard InChI is InChI=1S/C13H15NO3/c15-11-12-10(6-7-17-12)14(13(11)16)8-9-4-2-1-3-5-9/h1-5,10-12,15H,6-8H2/t10?,11-,12?/m0/s1. The average molecular weight is 233 g/mol. The van der Waals surface area contributed by atoms with Crippen LogP contribution in [0.15, 0.2) is 30.3 Å². The Morgan fingerprint density at radius 2 is 2.12 bits per heavy atom. The van der Waals surface area contributed by atoms with E-state index >= 15 is 0 Å². The van der Waals surface area contributed by atoms with Gasteiger partial charge in [0.15, 0.2) is 6.10 Å². The lowest BCUT2D eigenvalue weighted by Gasteiger charge is -2.22. The van der Waals surface area contributed by atoms with Gasteiger partial charge in [0.1, 0.15) is 6.10 Å². The first-order chi connectivity index (χ1) is 8.27. The number of aliphatic hydroxyl groups excluding tert-OH is 1. The molecule has 2 heterocycles. The Labute approximate surface area is 99.8 Å². The van der Waals surface area contributed by atoms with Gasteiger partial charge in [0.25, 0.3) is 5.91 Å². The molecule has 90 valence electrons. The number of benzene rings is 1. The molecule has 3 rings (SSSR count). The number of likely N-dealkylation sites (tertiary alicyclic amines) is 1. The minimum absolute atomic E-state index is 0.0395. The van der Waals surface area contributed by atoms with Gasteiger partial charge in [-0.05, 0) is 12.0 Å². The van der Waals surface area contributed by atoms with E-state index in [0.717, 1.165) is 12.0 Å². The molecule has 0 spiro atoms. The lowest BCUT2D eigenvalue weighted by Crippen LogP contribution is -2.34. The summed E-state index contributed by atoms with van der Waals surface area (Å²) in [6, 6.07) is 9.87. The average Bonchev–Trinajstić information content (AvgIpc) is 2.91. The molecule has 1 N–H and O–H groups in total. The van der Waals surface area contributed by atoms with Crippen LogP contribution in [0.25, 0.3) is 0 Å². The Morgan fingerprint density at radius 1 is 1.35 bits per heavy atom. The van der Waals surface area contributed by atoms with Gasteiger partial charge in [0.2, 0.25) is 0 Å². The highest BCUT2D eigenvalue weighted by atomic mass is 16.5. The second-order valence-electron chi connectivity index (χ2n) is 4.59. The summed E-state index contributed by atoms with van der Waals surface area (Å²) in [5, 5.41) is 9.80. The number of carbonyl (C=O) groups is 1. The lowest BCUT2D eigenvalue weighted by molar-refractivity contribution is -0.138. The van der Waals surface area contributed by atoms with Crippen LogP contribution >= 0.6 is 0 Å². The van der Waals surface area contributed by atoms with Crippen molar-refractivity contribution >= 4 is 5.91 Å². The van der Waals surface area contributed by atoms with E-state index < -0.39 is 6.10 Å². The van der Waals surface area contributed by atoms with Crippen LogP contribution in [0.4, 0.5) is 0 Å². The molecule has 2 unspecified atom stereocenters. The van der Waals surface area contributed by atoms with Crippen LogP contribution in [0.3, 0.4) is 0 Å². The normalized spacial score (nSPS) is 31.9. The monoisotopic (exact) mass is 233 g/mol. The molecule has 2 fully saturated rings. The van der Waals surface area contributed by atoms with Crippen LogP contribution < -0.4 is 0 Å². The van der Waals surface area contributed by atoms with Gasteiger partial charge in [-0.25, -0.2) is 0 Å². The molecule has 0 aromatic heterocycles. The first-order valence-electron chi connectivity index (χ1n) is 5.91. The molecule has 4 heteroatoms. The van der Waals surface area contributed by atoms with Gasteiger partial charge in [-0.3, -0.25) is 4.79 Å². The number of ether oxygens (including phenoxy) is 1. The smallest absolute Gasteiger partial charge is 0.254 e. The molecule has 4 nitrogen and oxygen atoms in total. The second kappa shape index (κ2) is 4.13. The number of nitrogens with zero attached hydrogens (tertiary/aromatic N) is 1. The van der Waals surface area contributed by atoms with Crippen LogP contribution in [-0.2, 0) is 16.1 Å². The van der Waals surface area contributed by atoms with Crippen molar-refractivity contribution in [2.45, 2.75) is 31.2 Å². The summed E-state index contributed by atoms with van der Waals surface area (Å²) in [7, 11) is 0. The summed E-state index contributed by atoms with van der Waals surface area (Å²) in [5.74, 6) is -0.205. The van der Waals surface area contributed by atoms with Crippen molar-refractivity contribution in [3.63, 3.8) is 0 Å². The van der Waals surface area contributed by atoms with Gasteiger partial charge in [0, 0.05) is 13.2 Å². The number of hydrogen-bond donors (Lipinski definition) is 1. The first-order valence-corrected chi connectivity index (χ1v) is 5.91. The molecule has 0 aliphatic carbocycles. The molecule has 17 heavy (non-hydrogen) atoms. The van der Waals surface area contributed by atoms with Gasteiger partial charge in [-0.2, -0.15) is 0 Å². The third-order valence-electron chi connectivity index (χ3n) is 3.55. The molecule has 3 atom stereocenters. The van der Waals surface area contributed by atoms with E-state index in [1.165, 1.54) is 0 Å². The summed E-state index contributed by atoms with van der Waals surface area (Å²) in [6.45, 7) is 1.19. The molecule has 0 radical (unpaired) electrons. The van der Waals surface area contributed by atoms with Gasteiger partial charge in [0.05, 0.1) is 6.04 Å². The predicted molar refractivity (Wildman–Crippen MR) is 61.1 cm³/mol. The van der Waals surface area contributed by atoms with E-state index in [2.05, 4.69) is 0 Å². The summed E-state index contributed by atoms with van der Waals surface area (Å²) in [5.41, 5.74) is 1.08. The van der Waals surface area contributed by atoms with Crippen molar-refractivity contribution < 1.29 is 14.6 Å². The van der Waals surface area contributed by atoms with E-state index in [1.54, 1.807) is 4.90 Å². The van der Waals surface area contributed by atoms with Gasteiger partial charge in [-0.1, -0.05) is 30.3 Å². The topological polar surface area (TPSA) is 49.8 Å². The third-order valence-corrected chi connectivity index (χ3v) is 3.55. The van der Waals surface area contributed by atoms with E-state index in [4.69, 9.17) is 4.74 Å². The Kier molecular flexibility index (Phi) is 2.61. The van der Waals surface area contributed by atoms with E-state index in [1.807, 2.05) is 30.3 Å². The maximum Gasteiger partial charge on any atom is 0.254 e. The quantitative estimate of drug-likeness (QED) is 0.811. The molecular formula is C13H15NO3. The highest BCUT2D eigenvalue weighted by molar-refractivity contribution is 5.84. The molecule has 1 aromatic carbocycles. The van der Waals surface area contributed by atoms with Crippen LogP contribution in [-0.4, -0.2) is 40.8 Å². The van der Waals surface area contributed by atoms with Crippen molar-refractivity contribution in [1.82, 2.24) is 4.90 Å². The van der Waals surface area contributed by atoms with Crippen LogP contribution in [0, 0.1) is 0 Å². The van der Waals surface area contributed by atoms with E-state index in [0.29, 0.717) is 13.2 Å². The predicted octanol–water partition coefficient (Wildman–Crippen LogP) is 0.547. The second-order valence-corrected chi connectivity index (χ2v) is 4.59. The van der Waals surface area contributed by atoms with Crippen molar-refractivity contribution in [3.8, 4) is 0 Å². The SMILES string of the molecule is O=C1[C@@H](O)C2OCCC2N1Cc1ccccc1. The summed E-state index contributed by atoms with van der Waals surface area (Å²) >= 11 is 0. The highest BCUT2D eigenvalue weighted by Crippen LogP contribution is 2.31. The number of amides is 1. The van der Waals surface area contributed by atoms with Crippen LogP contribution in [0.2, 0.25) is 0 Å². The first kappa shape index (κ1) is 10.7.